The molecule has 0 bridgehead atoms. The van der Waals surface area contributed by atoms with E-state index >= 15 is 0 Å². The number of hydrogen-bond donors (Lipinski definition) is 1. The van der Waals surface area contributed by atoms with E-state index in [2.05, 4.69) is 0 Å². The number of rotatable bonds is 6. The van der Waals surface area contributed by atoms with E-state index in [1.165, 1.54) is 0 Å². The standard InChI is InChI=1S/C20H23ClN2O2.ClH/c21-17-6-1-5-16(10-17)14-25-19-8-2-4-15(11-19)12-20(24)23-9-3-7-18(23)13-22;/h1-2,4-6,8,10-11,18H,3,7,9,12-14,22H2;1H. The molecule has 1 heterocycles. The highest BCUT2D eigenvalue weighted by atomic mass is 35.5. The molecule has 3 rings (SSSR count). The maximum Gasteiger partial charge on any atom is 0.227 e. The molecule has 1 fully saturated rings. The first kappa shape index (κ1) is 20.6. The molecule has 1 saturated heterocycles. The van der Waals surface area contributed by atoms with Crippen LogP contribution < -0.4 is 10.5 Å². The van der Waals surface area contributed by atoms with Gasteiger partial charge in [0.2, 0.25) is 5.91 Å². The smallest absolute Gasteiger partial charge is 0.227 e. The van der Waals surface area contributed by atoms with Crippen LogP contribution in [0.4, 0.5) is 0 Å². The lowest BCUT2D eigenvalue weighted by Gasteiger charge is -2.23. The van der Waals surface area contributed by atoms with E-state index in [-0.39, 0.29) is 24.4 Å². The number of hydrogen-bond acceptors (Lipinski definition) is 3. The third-order valence-corrected chi connectivity index (χ3v) is 4.75. The Balaban J connectivity index is 0.00000243. The number of carbonyl (C=O) groups is 1. The van der Waals surface area contributed by atoms with Crippen molar-refractivity contribution in [3.8, 4) is 5.75 Å². The van der Waals surface area contributed by atoms with Crippen LogP contribution in [0.25, 0.3) is 0 Å². The zero-order chi connectivity index (χ0) is 17.6. The van der Waals surface area contributed by atoms with Crippen LogP contribution in [0.1, 0.15) is 24.0 Å². The van der Waals surface area contributed by atoms with Crippen LogP contribution in [-0.2, 0) is 17.8 Å². The zero-order valence-electron chi connectivity index (χ0n) is 14.6. The summed E-state index contributed by atoms with van der Waals surface area (Å²) < 4.78 is 5.83. The SMILES string of the molecule is Cl.NCC1CCCN1C(=O)Cc1cccc(OCc2cccc(Cl)c2)c1. The number of likely N-dealkylation sites (tertiary alicyclic amines) is 1. The van der Waals surface area contributed by atoms with Gasteiger partial charge in [0.25, 0.3) is 0 Å². The highest BCUT2D eigenvalue weighted by Gasteiger charge is 2.27. The van der Waals surface area contributed by atoms with Gasteiger partial charge in [0.15, 0.2) is 0 Å². The van der Waals surface area contributed by atoms with Crippen LogP contribution in [0.5, 0.6) is 5.75 Å². The van der Waals surface area contributed by atoms with Gasteiger partial charge in [-0.1, -0.05) is 35.9 Å². The Morgan fingerprint density at radius 3 is 2.73 bits per heavy atom. The van der Waals surface area contributed by atoms with Crippen molar-refractivity contribution in [1.82, 2.24) is 4.90 Å². The van der Waals surface area contributed by atoms with E-state index in [0.29, 0.717) is 24.6 Å². The molecule has 4 nitrogen and oxygen atoms in total. The van der Waals surface area contributed by atoms with Gasteiger partial charge in [0.05, 0.1) is 6.42 Å². The second-order valence-corrected chi connectivity index (χ2v) is 6.80. The Labute approximate surface area is 165 Å². The summed E-state index contributed by atoms with van der Waals surface area (Å²) in [4.78, 5) is 14.4. The van der Waals surface area contributed by atoms with Crippen LogP contribution in [0.15, 0.2) is 48.5 Å². The van der Waals surface area contributed by atoms with Gasteiger partial charge in [-0.2, -0.15) is 0 Å². The molecule has 1 atom stereocenters. The number of ether oxygens (including phenoxy) is 1. The zero-order valence-corrected chi connectivity index (χ0v) is 16.1. The second kappa shape index (κ2) is 9.81. The first-order valence-electron chi connectivity index (χ1n) is 8.61. The number of nitrogens with zero attached hydrogens (tertiary/aromatic N) is 1. The quantitative estimate of drug-likeness (QED) is 0.809. The maximum absolute atomic E-state index is 12.5. The predicted octanol–water partition coefficient (Wildman–Crippen LogP) is 3.83. The lowest BCUT2D eigenvalue weighted by molar-refractivity contribution is -0.131. The summed E-state index contributed by atoms with van der Waals surface area (Å²) in [5.74, 6) is 0.891. The molecule has 1 unspecified atom stereocenters. The summed E-state index contributed by atoms with van der Waals surface area (Å²) in [5, 5.41) is 0.695. The number of benzene rings is 2. The van der Waals surface area contributed by atoms with Gasteiger partial charge in [0.1, 0.15) is 12.4 Å². The van der Waals surface area contributed by atoms with Crippen molar-refractivity contribution < 1.29 is 9.53 Å². The van der Waals surface area contributed by atoms with Crippen molar-refractivity contribution in [3.05, 3.63) is 64.7 Å². The maximum atomic E-state index is 12.5. The molecule has 0 radical (unpaired) electrons. The second-order valence-electron chi connectivity index (χ2n) is 6.36. The van der Waals surface area contributed by atoms with Crippen molar-refractivity contribution in [1.29, 1.82) is 0 Å². The van der Waals surface area contributed by atoms with Crippen molar-refractivity contribution >= 4 is 29.9 Å². The molecule has 0 spiro atoms. The Bertz CT molecular complexity index is 739. The third-order valence-electron chi connectivity index (χ3n) is 4.52. The van der Waals surface area contributed by atoms with Crippen LogP contribution in [0, 0.1) is 0 Å². The van der Waals surface area contributed by atoms with E-state index in [1.54, 1.807) is 0 Å². The molecule has 6 heteroatoms. The number of carbonyl (C=O) groups excluding carboxylic acids is 1. The average Bonchev–Trinajstić information content (AvgIpc) is 3.09. The molecular weight excluding hydrogens is 371 g/mol. The van der Waals surface area contributed by atoms with Gasteiger partial charge in [0, 0.05) is 24.2 Å². The number of nitrogens with two attached hydrogens (primary N) is 1. The van der Waals surface area contributed by atoms with Crippen LogP contribution in [0.3, 0.4) is 0 Å². The average molecular weight is 395 g/mol. The van der Waals surface area contributed by atoms with Gasteiger partial charge >= 0.3 is 0 Å². The molecule has 0 saturated carbocycles. The van der Waals surface area contributed by atoms with Crippen molar-refractivity contribution in [2.45, 2.75) is 31.9 Å². The van der Waals surface area contributed by atoms with Gasteiger partial charge in [-0.3, -0.25) is 4.79 Å². The van der Waals surface area contributed by atoms with Gasteiger partial charge in [-0.25, -0.2) is 0 Å². The van der Waals surface area contributed by atoms with Crippen LogP contribution in [-0.4, -0.2) is 29.9 Å². The van der Waals surface area contributed by atoms with E-state index in [1.807, 2.05) is 53.4 Å². The Morgan fingerprint density at radius 2 is 1.96 bits per heavy atom. The molecule has 0 aliphatic carbocycles. The largest absolute Gasteiger partial charge is 0.489 e. The Morgan fingerprint density at radius 1 is 1.19 bits per heavy atom. The molecule has 2 N–H and O–H groups in total. The van der Waals surface area contributed by atoms with Gasteiger partial charge < -0.3 is 15.4 Å². The Kier molecular flexibility index (Phi) is 7.76. The molecule has 0 aromatic heterocycles. The fraction of sp³-hybridized carbons (Fsp3) is 0.350. The molecule has 2 aromatic rings. The van der Waals surface area contributed by atoms with E-state index in [9.17, 15) is 4.79 Å². The fourth-order valence-electron chi connectivity index (χ4n) is 3.22. The summed E-state index contributed by atoms with van der Waals surface area (Å²) in [6, 6.07) is 15.5. The predicted molar refractivity (Wildman–Crippen MR) is 107 cm³/mol. The minimum atomic E-state index is 0. The lowest BCUT2D eigenvalue weighted by Crippen LogP contribution is -2.40. The number of amides is 1. The van der Waals surface area contributed by atoms with Gasteiger partial charge in [-0.05, 0) is 48.2 Å². The van der Waals surface area contributed by atoms with E-state index in [0.717, 1.165) is 36.3 Å². The minimum absolute atomic E-state index is 0. The van der Waals surface area contributed by atoms with E-state index in [4.69, 9.17) is 22.1 Å². The summed E-state index contributed by atoms with van der Waals surface area (Å²) in [7, 11) is 0. The molecule has 140 valence electrons. The molecule has 2 aromatic carbocycles. The monoisotopic (exact) mass is 394 g/mol. The summed E-state index contributed by atoms with van der Waals surface area (Å²) in [6.45, 7) is 1.79. The van der Waals surface area contributed by atoms with Crippen LogP contribution in [0.2, 0.25) is 5.02 Å². The molecule has 1 aliphatic heterocycles. The van der Waals surface area contributed by atoms with Crippen molar-refractivity contribution in [3.63, 3.8) is 0 Å². The molecule has 1 amide bonds. The van der Waals surface area contributed by atoms with E-state index < -0.39 is 0 Å². The topological polar surface area (TPSA) is 55.6 Å². The van der Waals surface area contributed by atoms with Crippen molar-refractivity contribution in [2.75, 3.05) is 13.1 Å². The normalized spacial score (nSPS) is 16.2. The number of halogens is 2. The highest BCUT2D eigenvalue weighted by Crippen LogP contribution is 2.20. The first-order chi connectivity index (χ1) is 12.2. The summed E-state index contributed by atoms with van der Waals surface area (Å²) >= 11 is 5.99. The fourth-order valence-corrected chi connectivity index (χ4v) is 3.44. The summed E-state index contributed by atoms with van der Waals surface area (Å²) in [5.41, 5.74) is 7.73. The first-order valence-corrected chi connectivity index (χ1v) is 8.99. The highest BCUT2D eigenvalue weighted by molar-refractivity contribution is 6.30. The van der Waals surface area contributed by atoms with Gasteiger partial charge in [-0.15, -0.1) is 12.4 Å². The molecule has 26 heavy (non-hydrogen) atoms. The third kappa shape index (κ3) is 5.37. The van der Waals surface area contributed by atoms with Crippen LogP contribution >= 0.6 is 24.0 Å². The van der Waals surface area contributed by atoms with Crippen molar-refractivity contribution in [2.24, 2.45) is 5.73 Å². The minimum Gasteiger partial charge on any atom is -0.489 e. The Hall–Kier alpha value is -1.75. The molecular formula is C20H24Cl2N2O2. The lowest BCUT2D eigenvalue weighted by atomic mass is 10.1. The molecule has 1 aliphatic rings. The summed E-state index contributed by atoms with van der Waals surface area (Å²) in [6.07, 6.45) is 2.42.